The zero-order valence-electron chi connectivity index (χ0n) is 9.52. The zero-order valence-corrected chi connectivity index (χ0v) is 10.3. The van der Waals surface area contributed by atoms with Gasteiger partial charge in [0.2, 0.25) is 0 Å². The summed E-state index contributed by atoms with van der Waals surface area (Å²) in [4.78, 5) is 14.7. The fourth-order valence-electron chi connectivity index (χ4n) is 1.41. The number of amides is 1. The number of aromatic amines is 1. The molecule has 88 valence electrons. The molecule has 2 aromatic heterocycles. The molecule has 0 aliphatic carbocycles. The van der Waals surface area contributed by atoms with Gasteiger partial charge in [-0.2, -0.15) is 5.10 Å². The van der Waals surface area contributed by atoms with E-state index in [0.717, 1.165) is 5.69 Å². The second-order valence-corrected chi connectivity index (χ2v) is 4.07. The molecule has 0 atom stereocenters. The van der Waals surface area contributed by atoms with Crippen LogP contribution in [0.25, 0.3) is 0 Å². The number of aryl methyl sites for hydroxylation is 2. The van der Waals surface area contributed by atoms with Gasteiger partial charge in [-0.3, -0.25) is 9.48 Å². The number of H-pyrrole nitrogens is 1. The van der Waals surface area contributed by atoms with Crippen LogP contribution in [0.15, 0.2) is 24.4 Å². The fourth-order valence-corrected chi connectivity index (χ4v) is 1.63. The van der Waals surface area contributed by atoms with E-state index in [1.54, 1.807) is 29.1 Å². The average molecular weight is 248 g/mol. The van der Waals surface area contributed by atoms with Gasteiger partial charge in [0.1, 0.15) is 4.64 Å². The minimum atomic E-state index is -0.259. The summed E-state index contributed by atoms with van der Waals surface area (Å²) in [7, 11) is 1.82. The Bertz CT molecular complexity index is 594. The monoisotopic (exact) mass is 248 g/mol. The quantitative estimate of drug-likeness (QED) is 0.799. The summed E-state index contributed by atoms with van der Waals surface area (Å²) in [5.74, 6) is 0.262. The Balaban J connectivity index is 2.23. The van der Waals surface area contributed by atoms with E-state index in [0.29, 0.717) is 16.0 Å². The van der Waals surface area contributed by atoms with E-state index in [1.165, 1.54) is 0 Å². The first kappa shape index (κ1) is 11.5. The first-order chi connectivity index (χ1) is 8.08. The molecule has 0 radical (unpaired) electrons. The van der Waals surface area contributed by atoms with Crippen LogP contribution in [0.1, 0.15) is 16.1 Å². The van der Waals surface area contributed by atoms with Crippen molar-refractivity contribution in [3.8, 4) is 0 Å². The number of carbonyl (C=O) groups excluding carboxylic acids is 1. The molecule has 2 N–H and O–H groups in total. The van der Waals surface area contributed by atoms with Gasteiger partial charge in [0.15, 0.2) is 5.82 Å². The Morgan fingerprint density at radius 3 is 2.94 bits per heavy atom. The summed E-state index contributed by atoms with van der Waals surface area (Å²) in [5, 5.41) is 6.85. The smallest absolute Gasteiger partial charge is 0.259 e. The van der Waals surface area contributed by atoms with Gasteiger partial charge in [-0.1, -0.05) is 12.2 Å². The van der Waals surface area contributed by atoms with Crippen LogP contribution in [0.5, 0.6) is 0 Å². The SMILES string of the molecule is Cc1cc(NC(=O)c2ccc[nH]c2=S)nn1C. The molecule has 0 saturated carbocycles. The minimum Gasteiger partial charge on any atom is -0.352 e. The lowest BCUT2D eigenvalue weighted by atomic mass is 10.3. The molecule has 0 saturated heterocycles. The molecule has 0 unspecified atom stereocenters. The first-order valence-corrected chi connectivity index (χ1v) is 5.48. The molecule has 2 heterocycles. The van der Waals surface area contributed by atoms with E-state index in [-0.39, 0.29) is 5.91 Å². The Labute approximate surface area is 103 Å². The third kappa shape index (κ3) is 2.42. The third-order valence-corrected chi connectivity index (χ3v) is 2.76. The van der Waals surface area contributed by atoms with Crippen molar-refractivity contribution >= 4 is 23.9 Å². The van der Waals surface area contributed by atoms with E-state index >= 15 is 0 Å². The lowest BCUT2D eigenvalue weighted by Gasteiger charge is -2.01. The largest absolute Gasteiger partial charge is 0.352 e. The van der Waals surface area contributed by atoms with Crippen LogP contribution in [0, 0.1) is 11.6 Å². The van der Waals surface area contributed by atoms with E-state index < -0.39 is 0 Å². The van der Waals surface area contributed by atoms with Gasteiger partial charge in [0, 0.05) is 25.0 Å². The van der Waals surface area contributed by atoms with Gasteiger partial charge in [-0.15, -0.1) is 0 Å². The Morgan fingerprint density at radius 2 is 2.35 bits per heavy atom. The number of nitrogens with one attached hydrogen (secondary N) is 2. The van der Waals surface area contributed by atoms with Crippen molar-refractivity contribution in [3.05, 3.63) is 40.3 Å². The molecule has 2 aromatic rings. The van der Waals surface area contributed by atoms with Crippen LogP contribution in [-0.4, -0.2) is 20.7 Å². The van der Waals surface area contributed by atoms with Crippen molar-refractivity contribution in [3.63, 3.8) is 0 Å². The standard InChI is InChI=1S/C11H12N4OS/c1-7-6-9(14-15(7)2)13-10(16)8-4-3-5-12-11(8)17/h3-6H,1-2H3,(H,12,17)(H,13,14,16). The first-order valence-electron chi connectivity index (χ1n) is 5.07. The lowest BCUT2D eigenvalue weighted by molar-refractivity contribution is 0.102. The summed E-state index contributed by atoms with van der Waals surface area (Å²) < 4.78 is 2.11. The number of rotatable bonds is 2. The van der Waals surface area contributed by atoms with Gasteiger partial charge in [0.25, 0.3) is 5.91 Å². The Hall–Kier alpha value is -1.95. The van der Waals surface area contributed by atoms with Crippen LogP contribution < -0.4 is 5.32 Å². The molecule has 0 aliphatic heterocycles. The predicted octanol–water partition coefficient (Wildman–Crippen LogP) is 2.04. The van der Waals surface area contributed by atoms with E-state index in [1.807, 2.05) is 14.0 Å². The van der Waals surface area contributed by atoms with Gasteiger partial charge in [-0.05, 0) is 19.1 Å². The Morgan fingerprint density at radius 1 is 1.59 bits per heavy atom. The second-order valence-electron chi connectivity index (χ2n) is 3.66. The molecule has 1 amide bonds. The maximum atomic E-state index is 11.9. The molecule has 6 heteroatoms. The minimum absolute atomic E-state index is 0.259. The molecule has 17 heavy (non-hydrogen) atoms. The van der Waals surface area contributed by atoms with Crippen LogP contribution in [0.2, 0.25) is 0 Å². The normalized spacial score (nSPS) is 10.2. The molecule has 0 fully saturated rings. The summed E-state index contributed by atoms with van der Waals surface area (Å²) in [6.07, 6.45) is 1.68. The number of hydrogen-bond donors (Lipinski definition) is 2. The van der Waals surface area contributed by atoms with Crippen LogP contribution in [0.3, 0.4) is 0 Å². The summed E-state index contributed by atoms with van der Waals surface area (Å²) in [5.41, 5.74) is 1.41. The van der Waals surface area contributed by atoms with Crippen LogP contribution in [0.4, 0.5) is 5.82 Å². The van der Waals surface area contributed by atoms with Crippen molar-refractivity contribution < 1.29 is 4.79 Å². The van der Waals surface area contributed by atoms with Gasteiger partial charge in [-0.25, -0.2) is 0 Å². The number of nitrogens with zero attached hydrogens (tertiary/aromatic N) is 2. The highest BCUT2D eigenvalue weighted by molar-refractivity contribution is 7.71. The molecule has 2 rings (SSSR count). The molecule has 0 bridgehead atoms. The number of carbonyl (C=O) groups is 1. The van der Waals surface area contributed by atoms with E-state index in [4.69, 9.17) is 12.2 Å². The average Bonchev–Trinajstić information content (AvgIpc) is 2.58. The van der Waals surface area contributed by atoms with Crippen LogP contribution >= 0.6 is 12.2 Å². The Kier molecular flexibility index (Phi) is 3.06. The topological polar surface area (TPSA) is 62.7 Å². The van der Waals surface area contributed by atoms with Crippen molar-refractivity contribution in [1.29, 1.82) is 0 Å². The number of anilines is 1. The second kappa shape index (κ2) is 4.50. The maximum absolute atomic E-state index is 11.9. The van der Waals surface area contributed by atoms with Gasteiger partial charge >= 0.3 is 0 Å². The van der Waals surface area contributed by atoms with Crippen molar-refractivity contribution in [2.45, 2.75) is 6.92 Å². The molecule has 0 aliphatic rings. The maximum Gasteiger partial charge on any atom is 0.259 e. The van der Waals surface area contributed by atoms with Crippen molar-refractivity contribution in [2.24, 2.45) is 7.05 Å². The fraction of sp³-hybridized carbons (Fsp3) is 0.182. The van der Waals surface area contributed by atoms with Crippen molar-refractivity contribution in [2.75, 3.05) is 5.32 Å². The van der Waals surface area contributed by atoms with Crippen LogP contribution in [-0.2, 0) is 7.05 Å². The van der Waals surface area contributed by atoms with E-state index in [9.17, 15) is 4.79 Å². The zero-order chi connectivity index (χ0) is 12.4. The molecule has 0 aromatic carbocycles. The highest BCUT2D eigenvalue weighted by Crippen LogP contribution is 2.09. The summed E-state index contributed by atoms with van der Waals surface area (Å²) >= 11 is 5.03. The van der Waals surface area contributed by atoms with Gasteiger partial charge < -0.3 is 10.3 Å². The third-order valence-electron chi connectivity index (χ3n) is 2.42. The number of aromatic nitrogens is 3. The highest BCUT2D eigenvalue weighted by atomic mass is 32.1. The summed E-state index contributed by atoms with van der Waals surface area (Å²) in [6.45, 7) is 1.91. The number of hydrogen-bond acceptors (Lipinski definition) is 3. The molecule has 5 nitrogen and oxygen atoms in total. The molecular weight excluding hydrogens is 236 g/mol. The predicted molar refractivity (Wildman–Crippen MR) is 67.5 cm³/mol. The molecular formula is C11H12N4OS. The van der Waals surface area contributed by atoms with E-state index in [2.05, 4.69) is 15.4 Å². The highest BCUT2D eigenvalue weighted by Gasteiger charge is 2.10. The van der Waals surface area contributed by atoms with Gasteiger partial charge in [0.05, 0.1) is 5.56 Å². The summed E-state index contributed by atoms with van der Waals surface area (Å²) in [6, 6.07) is 5.20. The molecule has 0 spiro atoms. The van der Waals surface area contributed by atoms with Crippen molar-refractivity contribution in [1.82, 2.24) is 14.8 Å². The lowest BCUT2D eigenvalue weighted by Crippen LogP contribution is -2.13. The number of pyridine rings is 1.